The van der Waals surface area contributed by atoms with Crippen LogP contribution in [0.3, 0.4) is 0 Å². The van der Waals surface area contributed by atoms with Gasteiger partial charge < -0.3 is 14.6 Å². The summed E-state index contributed by atoms with van der Waals surface area (Å²) in [5, 5.41) is 10.7. The van der Waals surface area contributed by atoms with Crippen molar-refractivity contribution in [1.29, 1.82) is 0 Å². The van der Waals surface area contributed by atoms with E-state index < -0.39 is 16.1 Å². The number of nitrogens with zero attached hydrogens (tertiary/aromatic N) is 2. The van der Waals surface area contributed by atoms with E-state index >= 15 is 0 Å². The Bertz CT molecular complexity index is 860. The van der Waals surface area contributed by atoms with Crippen molar-refractivity contribution in [2.24, 2.45) is 0 Å². The Morgan fingerprint density at radius 2 is 1.72 bits per heavy atom. The van der Waals surface area contributed by atoms with Crippen LogP contribution in [0.5, 0.6) is 5.75 Å². The summed E-state index contributed by atoms with van der Waals surface area (Å²) in [4.78, 5) is 2.24. The van der Waals surface area contributed by atoms with Gasteiger partial charge in [-0.1, -0.05) is 30.3 Å². The number of β-amino-alcohol motifs (C(OH)–C–C–N with tert-alkyl or cyclic N) is 1. The molecular formula is C20H27ClN2O5S. The van der Waals surface area contributed by atoms with Crippen molar-refractivity contribution in [3.63, 3.8) is 0 Å². The first-order valence-corrected chi connectivity index (χ1v) is 10.7. The Labute approximate surface area is 178 Å². The zero-order valence-electron chi connectivity index (χ0n) is 16.3. The number of morpholine rings is 1. The van der Waals surface area contributed by atoms with Crippen molar-refractivity contribution in [2.75, 3.05) is 50.8 Å². The Kier molecular flexibility index (Phi) is 8.73. The number of hydrogen-bond acceptors (Lipinski definition) is 6. The van der Waals surface area contributed by atoms with Crippen LogP contribution >= 0.6 is 12.4 Å². The number of halogens is 1. The smallest absolute Gasteiger partial charge is 0.264 e. The summed E-state index contributed by atoms with van der Waals surface area (Å²) in [7, 11) is -2.38. The van der Waals surface area contributed by atoms with Crippen molar-refractivity contribution in [1.82, 2.24) is 4.90 Å². The van der Waals surface area contributed by atoms with Crippen LogP contribution in [0.15, 0.2) is 59.5 Å². The van der Waals surface area contributed by atoms with Crippen molar-refractivity contribution in [3.8, 4) is 5.75 Å². The van der Waals surface area contributed by atoms with E-state index in [1.807, 2.05) is 0 Å². The largest absolute Gasteiger partial charge is 0.495 e. The number of rotatable bonds is 8. The highest BCUT2D eigenvalue weighted by atomic mass is 35.5. The molecule has 1 saturated heterocycles. The van der Waals surface area contributed by atoms with Gasteiger partial charge in [-0.05, 0) is 24.3 Å². The fraction of sp³-hybridized carbons (Fsp3) is 0.400. The molecule has 9 heteroatoms. The van der Waals surface area contributed by atoms with E-state index in [-0.39, 0.29) is 23.8 Å². The van der Waals surface area contributed by atoms with Gasteiger partial charge >= 0.3 is 0 Å². The normalized spacial score (nSPS) is 15.9. The van der Waals surface area contributed by atoms with Crippen molar-refractivity contribution in [3.05, 3.63) is 54.6 Å². The van der Waals surface area contributed by atoms with Gasteiger partial charge in [0.15, 0.2) is 0 Å². The summed E-state index contributed by atoms with van der Waals surface area (Å²) < 4.78 is 38.6. The SMILES string of the molecule is COc1ccccc1N(CC(O)CN1CCOCC1)S(=O)(=O)c1ccccc1.Cl. The lowest BCUT2D eigenvalue weighted by atomic mass is 10.2. The molecule has 1 aliphatic heterocycles. The number of sulfonamides is 1. The maximum absolute atomic E-state index is 13.4. The van der Waals surface area contributed by atoms with E-state index in [1.54, 1.807) is 54.6 Å². The summed E-state index contributed by atoms with van der Waals surface area (Å²) in [5.74, 6) is 0.431. The van der Waals surface area contributed by atoms with E-state index in [2.05, 4.69) is 4.90 Å². The lowest BCUT2D eigenvalue weighted by Crippen LogP contribution is -2.46. The molecule has 0 amide bonds. The molecule has 29 heavy (non-hydrogen) atoms. The monoisotopic (exact) mass is 442 g/mol. The highest BCUT2D eigenvalue weighted by Gasteiger charge is 2.29. The molecule has 3 rings (SSSR count). The second-order valence-electron chi connectivity index (χ2n) is 6.59. The number of benzene rings is 2. The topological polar surface area (TPSA) is 79.3 Å². The van der Waals surface area contributed by atoms with Gasteiger partial charge in [0.25, 0.3) is 10.0 Å². The molecule has 0 saturated carbocycles. The zero-order valence-corrected chi connectivity index (χ0v) is 17.9. The quantitative estimate of drug-likeness (QED) is 0.673. The highest BCUT2D eigenvalue weighted by molar-refractivity contribution is 7.92. The maximum atomic E-state index is 13.4. The third-order valence-electron chi connectivity index (χ3n) is 4.63. The molecule has 160 valence electrons. The van der Waals surface area contributed by atoms with Crippen LogP contribution in [0.4, 0.5) is 5.69 Å². The van der Waals surface area contributed by atoms with E-state index in [4.69, 9.17) is 9.47 Å². The Morgan fingerprint density at radius 1 is 1.10 bits per heavy atom. The second kappa shape index (κ2) is 10.8. The van der Waals surface area contributed by atoms with E-state index in [0.717, 1.165) is 13.1 Å². The summed E-state index contributed by atoms with van der Waals surface area (Å²) >= 11 is 0. The average molecular weight is 443 g/mol. The lowest BCUT2D eigenvalue weighted by molar-refractivity contribution is 0.0166. The molecule has 0 bridgehead atoms. The van der Waals surface area contributed by atoms with Gasteiger partial charge in [0.1, 0.15) is 5.75 Å². The summed E-state index contributed by atoms with van der Waals surface area (Å²) in [6, 6.07) is 15.1. The van der Waals surface area contributed by atoms with Gasteiger partial charge in [-0.3, -0.25) is 9.21 Å². The van der Waals surface area contributed by atoms with Gasteiger partial charge in [-0.15, -0.1) is 12.4 Å². The van der Waals surface area contributed by atoms with Crippen LogP contribution in [-0.4, -0.2) is 71.0 Å². The molecule has 0 radical (unpaired) electrons. The molecule has 1 N–H and O–H groups in total. The average Bonchev–Trinajstić information content (AvgIpc) is 2.73. The molecule has 0 aliphatic carbocycles. The maximum Gasteiger partial charge on any atom is 0.264 e. The second-order valence-corrected chi connectivity index (χ2v) is 8.45. The molecule has 1 fully saturated rings. The third kappa shape index (κ3) is 5.83. The van der Waals surface area contributed by atoms with Crippen LogP contribution < -0.4 is 9.04 Å². The van der Waals surface area contributed by atoms with Crippen LogP contribution in [0.1, 0.15) is 0 Å². The third-order valence-corrected chi connectivity index (χ3v) is 6.43. The number of hydrogen-bond donors (Lipinski definition) is 1. The number of para-hydroxylation sites is 2. The Hall–Kier alpha value is -1.84. The molecule has 7 nitrogen and oxygen atoms in total. The minimum Gasteiger partial charge on any atom is -0.495 e. The number of aliphatic hydroxyl groups excluding tert-OH is 1. The van der Waals surface area contributed by atoms with Gasteiger partial charge in [-0.2, -0.15) is 0 Å². The first kappa shape index (κ1) is 23.4. The van der Waals surface area contributed by atoms with Crippen molar-refractivity contribution >= 4 is 28.1 Å². The van der Waals surface area contributed by atoms with Gasteiger partial charge in [0.2, 0.25) is 0 Å². The van der Waals surface area contributed by atoms with E-state index in [0.29, 0.717) is 31.2 Å². The highest BCUT2D eigenvalue weighted by Crippen LogP contribution is 2.32. The summed E-state index contributed by atoms with van der Waals surface area (Å²) in [6.07, 6.45) is -0.860. The molecule has 2 aromatic carbocycles. The summed E-state index contributed by atoms with van der Waals surface area (Å²) in [6.45, 7) is 2.97. The molecule has 1 unspecified atom stereocenters. The number of methoxy groups -OCH3 is 1. The fourth-order valence-corrected chi connectivity index (χ4v) is 4.75. The number of anilines is 1. The molecule has 0 aromatic heterocycles. The molecule has 2 aromatic rings. The van der Waals surface area contributed by atoms with Gasteiger partial charge in [-0.25, -0.2) is 8.42 Å². The molecule has 1 atom stereocenters. The Morgan fingerprint density at radius 3 is 2.38 bits per heavy atom. The minimum atomic E-state index is -3.87. The van der Waals surface area contributed by atoms with Crippen LogP contribution in [0.25, 0.3) is 0 Å². The van der Waals surface area contributed by atoms with Crippen LogP contribution in [0, 0.1) is 0 Å². The first-order chi connectivity index (χ1) is 13.5. The number of ether oxygens (including phenoxy) is 2. The Balaban J connectivity index is 0.00000300. The van der Waals surface area contributed by atoms with E-state index in [1.165, 1.54) is 11.4 Å². The van der Waals surface area contributed by atoms with Crippen LogP contribution in [-0.2, 0) is 14.8 Å². The minimum absolute atomic E-state index is 0. The lowest BCUT2D eigenvalue weighted by Gasteiger charge is -2.32. The van der Waals surface area contributed by atoms with Gasteiger partial charge in [0, 0.05) is 19.6 Å². The van der Waals surface area contributed by atoms with Crippen molar-refractivity contribution in [2.45, 2.75) is 11.0 Å². The van der Waals surface area contributed by atoms with Gasteiger partial charge in [0.05, 0.1) is 43.6 Å². The molecule has 1 heterocycles. The predicted octanol–water partition coefficient (Wildman–Crippen LogP) is 2.01. The molecule has 1 aliphatic rings. The van der Waals surface area contributed by atoms with E-state index in [9.17, 15) is 13.5 Å². The first-order valence-electron chi connectivity index (χ1n) is 9.21. The number of aliphatic hydroxyl groups is 1. The molecule has 0 spiro atoms. The standard InChI is InChI=1S/C20H26N2O5S.ClH/c1-26-20-10-6-5-9-19(20)22(28(24,25)18-7-3-2-4-8-18)16-17(23)15-21-11-13-27-14-12-21;/h2-10,17,23H,11-16H2,1H3;1H. The van der Waals surface area contributed by atoms with Crippen LogP contribution in [0.2, 0.25) is 0 Å². The zero-order chi connectivity index (χ0) is 20.0. The van der Waals surface area contributed by atoms with Crippen molar-refractivity contribution < 1.29 is 23.0 Å². The predicted molar refractivity (Wildman–Crippen MR) is 114 cm³/mol. The fourth-order valence-electron chi connectivity index (χ4n) is 3.21. The summed E-state index contributed by atoms with van der Waals surface area (Å²) in [5.41, 5.74) is 0.398. The molecular weight excluding hydrogens is 416 g/mol.